The lowest BCUT2D eigenvalue weighted by atomic mass is 9.73. The summed E-state index contributed by atoms with van der Waals surface area (Å²) < 4.78 is 0. The second-order valence-electron chi connectivity index (χ2n) is 6.52. The molecule has 2 heteroatoms. The van der Waals surface area contributed by atoms with Crippen LogP contribution in [0, 0.1) is 5.41 Å². The Balaban J connectivity index is 1.95. The monoisotopic (exact) mass is 261 g/mol. The summed E-state index contributed by atoms with van der Waals surface area (Å²) in [6.07, 6.45) is 6.08. The third-order valence-electron chi connectivity index (χ3n) is 4.49. The minimum atomic E-state index is 0.171. The molecule has 1 aliphatic carbocycles. The molecule has 1 aliphatic rings. The van der Waals surface area contributed by atoms with Gasteiger partial charge in [0.25, 0.3) is 0 Å². The Kier molecular flexibility index (Phi) is 5.00. The quantitative estimate of drug-likeness (QED) is 0.853. The van der Waals surface area contributed by atoms with Crippen molar-refractivity contribution in [3.63, 3.8) is 0 Å². The fourth-order valence-corrected chi connectivity index (χ4v) is 3.16. The van der Waals surface area contributed by atoms with E-state index in [0.29, 0.717) is 11.5 Å². The van der Waals surface area contributed by atoms with Gasteiger partial charge in [0, 0.05) is 12.1 Å². The summed E-state index contributed by atoms with van der Waals surface area (Å²) in [5, 5.41) is 13.3. The van der Waals surface area contributed by atoms with Gasteiger partial charge in [-0.15, -0.1) is 0 Å². The van der Waals surface area contributed by atoms with Crippen molar-refractivity contribution >= 4 is 0 Å². The summed E-state index contributed by atoms with van der Waals surface area (Å²) in [5.41, 5.74) is 1.64. The summed E-state index contributed by atoms with van der Waals surface area (Å²) in [4.78, 5) is 0. The van der Waals surface area contributed by atoms with Gasteiger partial charge in [0.15, 0.2) is 0 Å². The van der Waals surface area contributed by atoms with Gasteiger partial charge >= 0.3 is 0 Å². The zero-order valence-corrected chi connectivity index (χ0v) is 12.2. The summed E-state index contributed by atoms with van der Waals surface area (Å²) in [6.45, 7) is 4.91. The molecule has 0 bridgehead atoms. The predicted octanol–water partition coefficient (Wildman–Crippen LogP) is 3.15. The molecule has 1 unspecified atom stereocenters. The van der Waals surface area contributed by atoms with Gasteiger partial charge in [0.05, 0.1) is 6.61 Å². The van der Waals surface area contributed by atoms with Gasteiger partial charge in [0.2, 0.25) is 0 Å². The van der Waals surface area contributed by atoms with Crippen molar-refractivity contribution in [3.8, 4) is 0 Å². The Labute approximate surface area is 117 Å². The number of nitrogens with one attached hydrogen (secondary N) is 1. The van der Waals surface area contributed by atoms with Crippen LogP contribution in [-0.4, -0.2) is 23.8 Å². The van der Waals surface area contributed by atoms with Gasteiger partial charge in [-0.25, -0.2) is 0 Å². The van der Waals surface area contributed by atoms with Crippen molar-refractivity contribution in [1.29, 1.82) is 0 Å². The number of rotatable bonds is 5. The molecule has 1 fully saturated rings. The smallest absolute Gasteiger partial charge is 0.0587 e. The standard InChI is InChI=1S/C17H27NO/c1-17(2)11-7-6-10-16(17)18-15(13-19)12-14-8-4-3-5-9-14/h3-5,8-9,15-16,18-19H,6-7,10-13H2,1-2H3/t15-,16?/m0/s1. The maximum Gasteiger partial charge on any atom is 0.0587 e. The lowest BCUT2D eigenvalue weighted by molar-refractivity contribution is 0.135. The molecule has 0 radical (unpaired) electrons. The summed E-state index contributed by atoms with van der Waals surface area (Å²) in [5.74, 6) is 0. The Morgan fingerprint density at radius 3 is 2.63 bits per heavy atom. The van der Waals surface area contributed by atoms with Gasteiger partial charge < -0.3 is 10.4 Å². The first-order valence-corrected chi connectivity index (χ1v) is 7.52. The molecule has 1 saturated carbocycles. The first-order chi connectivity index (χ1) is 9.12. The van der Waals surface area contributed by atoms with Crippen molar-refractivity contribution in [2.75, 3.05) is 6.61 Å². The van der Waals surface area contributed by atoms with Crippen molar-refractivity contribution in [2.24, 2.45) is 5.41 Å². The second-order valence-corrected chi connectivity index (χ2v) is 6.52. The largest absolute Gasteiger partial charge is 0.395 e. The van der Waals surface area contributed by atoms with E-state index in [4.69, 9.17) is 0 Å². The fraction of sp³-hybridized carbons (Fsp3) is 0.647. The number of benzene rings is 1. The topological polar surface area (TPSA) is 32.3 Å². The molecule has 0 amide bonds. The highest BCUT2D eigenvalue weighted by atomic mass is 16.3. The lowest BCUT2D eigenvalue weighted by Gasteiger charge is -2.41. The highest BCUT2D eigenvalue weighted by Crippen LogP contribution is 2.35. The van der Waals surface area contributed by atoms with E-state index in [2.05, 4.69) is 43.4 Å². The molecular formula is C17H27NO. The van der Waals surface area contributed by atoms with Crippen LogP contribution in [0.3, 0.4) is 0 Å². The first-order valence-electron chi connectivity index (χ1n) is 7.52. The van der Waals surface area contributed by atoms with E-state index >= 15 is 0 Å². The number of aliphatic hydroxyl groups is 1. The third-order valence-corrected chi connectivity index (χ3v) is 4.49. The van der Waals surface area contributed by atoms with Crippen LogP contribution < -0.4 is 5.32 Å². The van der Waals surface area contributed by atoms with Crippen LogP contribution in [0.4, 0.5) is 0 Å². The first kappa shape index (κ1) is 14.5. The van der Waals surface area contributed by atoms with Gasteiger partial charge in [-0.3, -0.25) is 0 Å². The normalized spacial score (nSPS) is 24.1. The molecule has 0 aliphatic heterocycles. The number of hydrogen-bond donors (Lipinski definition) is 2. The molecule has 1 aromatic carbocycles. The van der Waals surface area contributed by atoms with E-state index in [9.17, 15) is 5.11 Å². The van der Waals surface area contributed by atoms with Crippen LogP contribution in [0.2, 0.25) is 0 Å². The summed E-state index contributed by atoms with van der Waals surface area (Å²) in [7, 11) is 0. The van der Waals surface area contributed by atoms with E-state index in [-0.39, 0.29) is 12.6 Å². The van der Waals surface area contributed by atoms with E-state index < -0.39 is 0 Å². The predicted molar refractivity (Wildman–Crippen MR) is 80.2 cm³/mol. The van der Waals surface area contributed by atoms with Crippen molar-refractivity contribution in [1.82, 2.24) is 5.32 Å². The van der Waals surface area contributed by atoms with Crippen molar-refractivity contribution in [3.05, 3.63) is 35.9 Å². The van der Waals surface area contributed by atoms with Gasteiger partial charge in [0.1, 0.15) is 0 Å². The lowest BCUT2D eigenvalue weighted by Crippen LogP contribution is -2.50. The van der Waals surface area contributed by atoms with Crippen LogP contribution >= 0.6 is 0 Å². The van der Waals surface area contributed by atoms with E-state index in [1.165, 1.54) is 31.2 Å². The molecule has 0 heterocycles. The van der Waals surface area contributed by atoms with Gasteiger partial charge in [-0.05, 0) is 30.2 Å². The molecule has 19 heavy (non-hydrogen) atoms. The molecule has 2 atom stereocenters. The van der Waals surface area contributed by atoms with Crippen LogP contribution in [0.15, 0.2) is 30.3 Å². The second kappa shape index (κ2) is 6.53. The Morgan fingerprint density at radius 2 is 2.00 bits per heavy atom. The highest BCUT2D eigenvalue weighted by Gasteiger charge is 2.33. The Bertz CT molecular complexity index is 374. The van der Waals surface area contributed by atoms with Crippen molar-refractivity contribution in [2.45, 2.75) is 58.0 Å². The Morgan fingerprint density at radius 1 is 1.26 bits per heavy atom. The minimum Gasteiger partial charge on any atom is -0.395 e. The minimum absolute atomic E-state index is 0.171. The summed E-state index contributed by atoms with van der Waals surface area (Å²) in [6, 6.07) is 11.1. The maximum absolute atomic E-state index is 9.63. The molecule has 0 saturated heterocycles. The van der Waals surface area contributed by atoms with Crippen LogP contribution in [0.1, 0.15) is 45.1 Å². The Hall–Kier alpha value is -0.860. The molecule has 106 valence electrons. The van der Waals surface area contributed by atoms with E-state index in [0.717, 1.165) is 6.42 Å². The maximum atomic E-state index is 9.63. The van der Waals surface area contributed by atoms with Crippen LogP contribution in [0.25, 0.3) is 0 Å². The van der Waals surface area contributed by atoms with Gasteiger partial charge in [-0.2, -0.15) is 0 Å². The molecule has 0 spiro atoms. The third kappa shape index (κ3) is 4.05. The van der Waals surface area contributed by atoms with E-state index in [1.54, 1.807) is 0 Å². The molecule has 2 N–H and O–H groups in total. The molecule has 2 rings (SSSR count). The molecule has 1 aromatic rings. The van der Waals surface area contributed by atoms with Crippen molar-refractivity contribution < 1.29 is 5.11 Å². The fourth-order valence-electron chi connectivity index (χ4n) is 3.16. The van der Waals surface area contributed by atoms with Gasteiger partial charge in [-0.1, -0.05) is 57.0 Å². The zero-order chi connectivity index (χ0) is 13.7. The average molecular weight is 261 g/mol. The molecule has 2 nitrogen and oxygen atoms in total. The summed E-state index contributed by atoms with van der Waals surface area (Å²) >= 11 is 0. The van der Waals surface area contributed by atoms with E-state index in [1.807, 2.05) is 6.07 Å². The highest BCUT2D eigenvalue weighted by molar-refractivity contribution is 5.16. The molecular weight excluding hydrogens is 234 g/mol. The zero-order valence-electron chi connectivity index (χ0n) is 12.2. The number of hydrogen-bond acceptors (Lipinski definition) is 2. The number of aliphatic hydroxyl groups excluding tert-OH is 1. The molecule has 0 aromatic heterocycles. The SMILES string of the molecule is CC1(C)CCCCC1N[C@H](CO)Cc1ccccc1. The van der Waals surface area contributed by atoms with Crippen LogP contribution in [-0.2, 0) is 6.42 Å². The van der Waals surface area contributed by atoms with Crippen LogP contribution in [0.5, 0.6) is 0 Å². The average Bonchev–Trinajstić information content (AvgIpc) is 2.41.